The second-order valence-corrected chi connectivity index (χ2v) is 7.88. The van der Waals surface area contributed by atoms with Gasteiger partial charge < -0.3 is 4.98 Å². The second kappa shape index (κ2) is 8.58. The molecule has 3 aromatic rings. The van der Waals surface area contributed by atoms with Crippen molar-refractivity contribution in [2.24, 2.45) is 0 Å². The molecule has 0 radical (unpaired) electrons. The van der Waals surface area contributed by atoms with Crippen molar-refractivity contribution in [1.29, 1.82) is 0 Å². The van der Waals surface area contributed by atoms with Gasteiger partial charge in [0.25, 0.3) is 0 Å². The van der Waals surface area contributed by atoms with Gasteiger partial charge in [0.15, 0.2) is 0 Å². The normalized spacial score (nSPS) is 11.2. The zero-order chi connectivity index (χ0) is 16.8. The molecule has 0 bridgehead atoms. The molecule has 0 atom stereocenters. The van der Waals surface area contributed by atoms with Gasteiger partial charge in [-0.25, -0.2) is 9.97 Å². The minimum Gasteiger partial charge on any atom is -0.341 e. The lowest BCUT2D eigenvalue weighted by Crippen LogP contribution is -1.91. The van der Waals surface area contributed by atoms with E-state index in [1.54, 1.807) is 11.8 Å². The number of nitrogens with one attached hydrogen (secondary N) is 1. The number of benzene rings is 1. The molecule has 126 valence electrons. The summed E-state index contributed by atoms with van der Waals surface area (Å²) < 4.78 is 0. The fraction of sp³-hybridized carbons (Fsp3) is 0.368. The van der Waals surface area contributed by atoms with Crippen molar-refractivity contribution in [3.63, 3.8) is 0 Å². The van der Waals surface area contributed by atoms with Crippen molar-refractivity contribution in [2.75, 3.05) is 5.75 Å². The van der Waals surface area contributed by atoms with E-state index in [4.69, 9.17) is 0 Å². The fourth-order valence-corrected chi connectivity index (χ4v) is 4.52. The predicted octanol–water partition coefficient (Wildman–Crippen LogP) is 5.84. The molecule has 5 heteroatoms. The van der Waals surface area contributed by atoms with Crippen molar-refractivity contribution in [1.82, 2.24) is 15.0 Å². The smallest absolute Gasteiger partial charge is 0.117 e. The van der Waals surface area contributed by atoms with Crippen LogP contribution in [0.2, 0.25) is 0 Å². The van der Waals surface area contributed by atoms with Crippen molar-refractivity contribution >= 4 is 34.6 Å². The number of aromatic nitrogens is 3. The van der Waals surface area contributed by atoms with Gasteiger partial charge in [-0.05, 0) is 42.9 Å². The van der Waals surface area contributed by atoms with Crippen LogP contribution in [0.4, 0.5) is 0 Å². The number of thioether (sulfide) groups is 2. The Kier molecular flexibility index (Phi) is 6.21. The Morgan fingerprint density at radius 2 is 1.96 bits per heavy atom. The minimum absolute atomic E-state index is 0.812. The summed E-state index contributed by atoms with van der Waals surface area (Å²) in [5, 5.41) is 1.11. The maximum absolute atomic E-state index is 4.64. The van der Waals surface area contributed by atoms with Gasteiger partial charge in [-0.2, -0.15) is 0 Å². The van der Waals surface area contributed by atoms with Crippen LogP contribution >= 0.6 is 23.5 Å². The van der Waals surface area contributed by atoms with E-state index in [0.717, 1.165) is 27.6 Å². The number of aromatic amines is 1. The van der Waals surface area contributed by atoms with E-state index in [9.17, 15) is 0 Å². The van der Waals surface area contributed by atoms with E-state index in [1.807, 2.05) is 36.2 Å². The van der Waals surface area contributed by atoms with Crippen LogP contribution in [0.1, 0.15) is 37.6 Å². The van der Waals surface area contributed by atoms with E-state index in [-0.39, 0.29) is 0 Å². The van der Waals surface area contributed by atoms with Gasteiger partial charge in [0.05, 0.1) is 16.8 Å². The molecule has 24 heavy (non-hydrogen) atoms. The van der Waals surface area contributed by atoms with E-state index in [0.29, 0.717) is 0 Å². The zero-order valence-electron chi connectivity index (χ0n) is 14.2. The topological polar surface area (TPSA) is 41.6 Å². The zero-order valence-corrected chi connectivity index (χ0v) is 15.8. The second-order valence-electron chi connectivity index (χ2n) is 5.78. The van der Waals surface area contributed by atoms with Gasteiger partial charge >= 0.3 is 0 Å². The van der Waals surface area contributed by atoms with E-state index < -0.39 is 0 Å². The van der Waals surface area contributed by atoms with Gasteiger partial charge in [0, 0.05) is 11.1 Å². The van der Waals surface area contributed by atoms with Gasteiger partial charge in [-0.1, -0.05) is 43.7 Å². The standard InChI is InChI=1S/C19H23N3S2/c1-3-4-7-12-23-17-10-11-20-19(14(17)2)24-13-18-21-15-8-5-6-9-16(15)22-18/h5-6,8-11H,3-4,7,12-13H2,1-2H3,(H,21,22). The first-order valence-corrected chi connectivity index (χ1v) is 10.4. The van der Waals surface area contributed by atoms with Gasteiger partial charge in [0.2, 0.25) is 0 Å². The lowest BCUT2D eigenvalue weighted by Gasteiger charge is -2.09. The average molecular weight is 358 g/mol. The molecule has 0 amide bonds. The summed E-state index contributed by atoms with van der Waals surface area (Å²) >= 11 is 3.70. The molecule has 1 aromatic carbocycles. The molecule has 0 fully saturated rings. The predicted molar refractivity (Wildman–Crippen MR) is 105 cm³/mol. The highest BCUT2D eigenvalue weighted by Crippen LogP contribution is 2.31. The first-order valence-electron chi connectivity index (χ1n) is 8.42. The summed E-state index contributed by atoms with van der Waals surface area (Å²) in [5.41, 5.74) is 3.41. The number of imidazole rings is 1. The van der Waals surface area contributed by atoms with Crippen LogP contribution in [-0.2, 0) is 5.75 Å². The van der Waals surface area contributed by atoms with Crippen LogP contribution in [0.3, 0.4) is 0 Å². The quantitative estimate of drug-likeness (QED) is 0.406. The molecule has 0 spiro atoms. The van der Waals surface area contributed by atoms with E-state index in [1.165, 1.54) is 35.5 Å². The molecular formula is C19H23N3S2. The molecule has 2 aromatic heterocycles. The van der Waals surface area contributed by atoms with E-state index >= 15 is 0 Å². The number of para-hydroxylation sites is 2. The first kappa shape index (κ1) is 17.4. The molecule has 0 aliphatic rings. The number of pyridine rings is 1. The highest BCUT2D eigenvalue weighted by atomic mass is 32.2. The summed E-state index contributed by atoms with van der Waals surface area (Å²) in [4.78, 5) is 13.9. The van der Waals surface area contributed by atoms with Crippen molar-refractivity contribution < 1.29 is 0 Å². The molecule has 1 N–H and O–H groups in total. The van der Waals surface area contributed by atoms with Crippen LogP contribution < -0.4 is 0 Å². The lowest BCUT2D eigenvalue weighted by atomic mass is 10.3. The number of H-pyrrole nitrogens is 1. The SMILES string of the molecule is CCCCCSc1ccnc(SCc2nc3ccccc3[nH]2)c1C. The van der Waals surface area contributed by atoms with Crippen LogP contribution in [0, 0.1) is 6.92 Å². The summed E-state index contributed by atoms with van der Waals surface area (Å²) in [5.74, 6) is 3.00. The number of rotatable bonds is 8. The fourth-order valence-electron chi connectivity index (χ4n) is 2.55. The Bertz CT molecular complexity index is 765. The Balaban J connectivity index is 1.64. The highest BCUT2D eigenvalue weighted by Gasteiger charge is 2.09. The van der Waals surface area contributed by atoms with Crippen LogP contribution in [0.25, 0.3) is 11.0 Å². The number of hydrogen-bond acceptors (Lipinski definition) is 4. The maximum Gasteiger partial charge on any atom is 0.117 e. The lowest BCUT2D eigenvalue weighted by molar-refractivity contribution is 0.778. The number of hydrogen-bond donors (Lipinski definition) is 1. The summed E-state index contributed by atoms with van der Waals surface area (Å²) in [6.45, 7) is 4.42. The largest absolute Gasteiger partial charge is 0.341 e. The van der Waals surface area contributed by atoms with Crippen LogP contribution in [0.15, 0.2) is 46.5 Å². The molecule has 0 saturated heterocycles. The monoisotopic (exact) mass is 357 g/mol. The summed E-state index contributed by atoms with van der Waals surface area (Å²) in [7, 11) is 0. The molecule has 3 nitrogen and oxygen atoms in total. The Morgan fingerprint density at radius 1 is 1.08 bits per heavy atom. The molecule has 0 unspecified atom stereocenters. The Hall–Kier alpha value is -1.46. The van der Waals surface area contributed by atoms with Crippen LogP contribution in [0.5, 0.6) is 0 Å². The van der Waals surface area contributed by atoms with Crippen molar-refractivity contribution in [3.8, 4) is 0 Å². The average Bonchev–Trinajstić information content (AvgIpc) is 3.02. The number of fused-ring (bicyclic) bond motifs is 1. The first-order chi connectivity index (χ1) is 11.8. The summed E-state index contributed by atoms with van der Waals surface area (Å²) in [6, 6.07) is 10.3. The van der Waals surface area contributed by atoms with E-state index in [2.05, 4.69) is 40.9 Å². The molecular weight excluding hydrogens is 334 g/mol. The van der Waals surface area contributed by atoms with Gasteiger partial charge in [-0.3, -0.25) is 0 Å². The maximum atomic E-state index is 4.64. The third-order valence-electron chi connectivity index (χ3n) is 3.90. The highest BCUT2D eigenvalue weighted by molar-refractivity contribution is 7.99. The van der Waals surface area contributed by atoms with Gasteiger partial charge in [-0.15, -0.1) is 11.8 Å². The molecule has 3 rings (SSSR count). The molecule has 0 aliphatic carbocycles. The molecule has 0 aliphatic heterocycles. The molecule has 0 saturated carbocycles. The Morgan fingerprint density at radius 3 is 2.79 bits per heavy atom. The van der Waals surface area contributed by atoms with Crippen molar-refractivity contribution in [2.45, 2.75) is 48.8 Å². The minimum atomic E-state index is 0.812. The molecule has 2 heterocycles. The third kappa shape index (κ3) is 4.33. The number of nitrogens with zero attached hydrogens (tertiary/aromatic N) is 2. The third-order valence-corrected chi connectivity index (χ3v) is 6.25. The van der Waals surface area contributed by atoms with Crippen LogP contribution in [-0.4, -0.2) is 20.7 Å². The number of unbranched alkanes of at least 4 members (excludes halogenated alkanes) is 2. The summed E-state index contributed by atoms with van der Waals surface area (Å²) in [6.07, 6.45) is 5.79. The Labute approximate surface area is 152 Å². The van der Waals surface area contributed by atoms with Crippen molar-refractivity contribution in [3.05, 3.63) is 47.9 Å². The van der Waals surface area contributed by atoms with Gasteiger partial charge in [0.1, 0.15) is 10.9 Å².